The van der Waals surface area contributed by atoms with E-state index in [1.807, 2.05) is 11.9 Å². The van der Waals surface area contributed by atoms with E-state index in [1.54, 1.807) is 4.68 Å². The summed E-state index contributed by atoms with van der Waals surface area (Å²) in [5.74, 6) is -1.14. The van der Waals surface area contributed by atoms with Crippen LogP contribution >= 0.6 is 11.6 Å². The number of nitrogens with two attached hydrogens (primary N) is 1. The van der Waals surface area contributed by atoms with Crippen LogP contribution in [0.2, 0.25) is 5.02 Å². The summed E-state index contributed by atoms with van der Waals surface area (Å²) >= 11 is 5.82. The van der Waals surface area contributed by atoms with E-state index >= 15 is 0 Å². The summed E-state index contributed by atoms with van der Waals surface area (Å²) in [6.45, 7) is 0.863. The maximum absolute atomic E-state index is 13.4. The lowest BCUT2D eigenvalue weighted by atomic mass is 10.0. The topological polar surface area (TPSA) is 84.4 Å². The van der Waals surface area contributed by atoms with Gasteiger partial charge in [-0.2, -0.15) is 5.10 Å². The first kappa shape index (κ1) is 15.9. The number of benzene rings is 1. The molecule has 0 bridgehead atoms. The lowest BCUT2D eigenvalue weighted by Crippen LogP contribution is -2.43. The minimum absolute atomic E-state index is 0.0145. The monoisotopic (exact) mass is 338 g/mol. The fourth-order valence-electron chi connectivity index (χ4n) is 2.81. The molecule has 1 atom stereocenters. The number of primary amides is 1. The normalized spacial score (nSPS) is 18.0. The summed E-state index contributed by atoms with van der Waals surface area (Å²) in [5, 5.41) is 13.8. The van der Waals surface area contributed by atoms with Crippen molar-refractivity contribution in [3.8, 4) is 11.3 Å². The largest absolute Gasteiger partial charge is 0.395 e. The van der Waals surface area contributed by atoms with Gasteiger partial charge in [-0.15, -0.1) is 0 Å². The quantitative estimate of drug-likeness (QED) is 0.882. The van der Waals surface area contributed by atoms with Crippen LogP contribution in [0.5, 0.6) is 0 Å². The van der Waals surface area contributed by atoms with E-state index in [1.165, 1.54) is 18.2 Å². The number of halogens is 2. The molecule has 122 valence electrons. The van der Waals surface area contributed by atoms with Crippen LogP contribution in [-0.4, -0.2) is 45.4 Å². The van der Waals surface area contributed by atoms with Crippen molar-refractivity contribution in [3.63, 3.8) is 0 Å². The highest BCUT2D eigenvalue weighted by atomic mass is 35.5. The van der Waals surface area contributed by atoms with Crippen molar-refractivity contribution in [2.45, 2.75) is 19.1 Å². The van der Waals surface area contributed by atoms with Crippen LogP contribution in [0, 0.1) is 5.82 Å². The van der Waals surface area contributed by atoms with Crippen LogP contribution in [0.25, 0.3) is 11.3 Å². The molecule has 0 saturated heterocycles. The first-order chi connectivity index (χ1) is 10.9. The molecule has 8 heteroatoms. The first-order valence-electron chi connectivity index (χ1n) is 7.08. The summed E-state index contributed by atoms with van der Waals surface area (Å²) in [7, 11) is 1.86. The molecule has 1 aromatic carbocycles. The number of aliphatic hydroxyl groups excluding tert-OH is 1. The lowest BCUT2D eigenvalue weighted by Gasteiger charge is -2.31. The highest BCUT2D eigenvalue weighted by Crippen LogP contribution is 2.31. The molecular formula is C15H16ClFN4O2. The molecule has 1 aliphatic heterocycles. The Kier molecular flexibility index (Phi) is 4.09. The van der Waals surface area contributed by atoms with E-state index in [-0.39, 0.29) is 17.7 Å². The van der Waals surface area contributed by atoms with Crippen molar-refractivity contribution < 1.29 is 14.3 Å². The molecule has 2 heterocycles. The van der Waals surface area contributed by atoms with Gasteiger partial charge in [-0.25, -0.2) is 4.39 Å². The number of carbonyl (C=O) groups excluding carboxylic acids is 1. The zero-order valence-corrected chi connectivity index (χ0v) is 13.2. The lowest BCUT2D eigenvalue weighted by molar-refractivity contribution is 0.0962. The predicted octanol–water partition coefficient (Wildman–Crippen LogP) is 1.25. The van der Waals surface area contributed by atoms with Crippen LogP contribution in [-0.2, 0) is 13.1 Å². The SMILES string of the molecule is CN1Cc2c(C(N)=O)c(-c3ccc(F)c(Cl)c3)nn2CC1CO. The number of likely N-dealkylation sites (N-methyl/N-ethyl adjacent to an activating group) is 1. The van der Waals surface area contributed by atoms with Crippen LogP contribution in [0.4, 0.5) is 4.39 Å². The minimum Gasteiger partial charge on any atom is -0.395 e. The van der Waals surface area contributed by atoms with Gasteiger partial charge in [-0.05, 0) is 25.2 Å². The summed E-state index contributed by atoms with van der Waals surface area (Å²) in [5.41, 5.74) is 7.42. The van der Waals surface area contributed by atoms with Gasteiger partial charge >= 0.3 is 0 Å². The van der Waals surface area contributed by atoms with Gasteiger partial charge in [0.2, 0.25) is 0 Å². The molecule has 2 aromatic rings. The smallest absolute Gasteiger partial charge is 0.252 e. The molecule has 1 aromatic heterocycles. The van der Waals surface area contributed by atoms with Crippen molar-refractivity contribution >= 4 is 17.5 Å². The zero-order chi connectivity index (χ0) is 16.7. The molecule has 6 nitrogen and oxygen atoms in total. The average molecular weight is 339 g/mol. The van der Waals surface area contributed by atoms with Crippen LogP contribution < -0.4 is 5.73 Å². The number of hydrogen-bond donors (Lipinski definition) is 2. The molecule has 0 fully saturated rings. The van der Waals surface area contributed by atoms with Crippen LogP contribution in [0.15, 0.2) is 18.2 Å². The molecule has 0 spiro atoms. The second-order valence-electron chi connectivity index (χ2n) is 5.60. The Morgan fingerprint density at radius 3 is 2.91 bits per heavy atom. The van der Waals surface area contributed by atoms with Crippen molar-refractivity contribution in [1.82, 2.24) is 14.7 Å². The number of aromatic nitrogens is 2. The van der Waals surface area contributed by atoms with Gasteiger partial charge in [0.15, 0.2) is 0 Å². The van der Waals surface area contributed by atoms with Gasteiger partial charge < -0.3 is 10.8 Å². The van der Waals surface area contributed by atoms with E-state index in [2.05, 4.69) is 5.10 Å². The fourth-order valence-corrected chi connectivity index (χ4v) is 2.99. The van der Waals surface area contributed by atoms with Gasteiger partial charge in [-0.1, -0.05) is 11.6 Å². The van der Waals surface area contributed by atoms with E-state index in [4.69, 9.17) is 17.3 Å². The summed E-state index contributed by atoms with van der Waals surface area (Å²) in [4.78, 5) is 13.9. The highest BCUT2D eigenvalue weighted by molar-refractivity contribution is 6.31. The highest BCUT2D eigenvalue weighted by Gasteiger charge is 2.30. The molecule has 3 rings (SSSR count). The number of aliphatic hydroxyl groups is 1. The average Bonchev–Trinajstić information content (AvgIpc) is 2.87. The molecule has 0 saturated carbocycles. The number of fused-ring (bicyclic) bond motifs is 1. The van der Waals surface area contributed by atoms with Crippen LogP contribution in [0.1, 0.15) is 16.1 Å². The number of rotatable bonds is 3. The summed E-state index contributed by atoms with van der Waals surface area (Å²) in [6.07, 6.45) is 0. The Morgan fingerprint density at radius 2 is 2.30 bits per heavy atom. The molecule has 0 aliphatic carbocycles. The van der Waals surface area contributed by atoms with Crippen molar-refractivity contribution in [2.24, 2.45) is 5.73 Å². The Bertz CT molecular complexity index is 777. The van der Waals surface area contributed by atoms with Crippen molar-refractivity contribution in [3.05, 3.63) is 40.3 Å². The Balaban J connectivity index is 2.15. The van der Waals surface area contributed by atoms with Crippen molar-refractivity contribution in [2.75, 3.05) is 13.7 Å². The van der Waals surface area contributed by atoms with Gasteiger partial charge in [0.25, 0.3) is 5.91 Å². The summed E-state index contributed by atoms with van der Waals surface area (Å²) < 4.78 is 15.0. The molecule has 1 amide bonds. The Hall–Kier alpha value is -1.96. The van der Waals surface area contributed by atoms with Crippen molar-refractivity contribution in [1.29, 1.82) is 0 Å². The van der Waals surface area contributed by atoms with E-state index in [9.17, 15) is 14.3 Å². The molecule has 3 N–H and O–H groups in total. The number of nitrogens with zero attached hydrogens (tertiary/aromatic N) is 3. The van der Waals surface area contributed by atoms with E-state index in [0.29, 0.717) is 35.6 Å². The predicted molar refractivity (Wildman–Crippen MR) is 83.5 cm³/mol. The number of amides is 1. The van der Waals surface area contributed by atoms with Gasteiger partial charge in [0, 0.05) is 12.1 Å². The Morgan fingerprint density at radius 1 is 1.57 bits per heavy atom. The molecular weight excluding hydrogens is 323 g/mol. The standard InChI is InChI=1S/C15H16ClFN4O2/c1-20-6-12-13(15(18)23)14(19-21(12)5-9(20)7-22)8-2-3-11(17)10(16)4-8/h2-4,9,22H,5-7H2,1H3,(H2,18,23). The van der Waals surface area contributed by atoms with Gasteiger partial charge in [0.1, 0.15) is 11.5 Å². The first-order valence-corrected chi connectivity index (χ1v) is 7.46. The van der Waals surface area contributed by atoms with E-state index < -0.39 is 11.7 Å². The second kappa shape index (κ2) is 5.92. The third kappa shape index (κ3) is 2.71. The van der Waals surface area contributed by atoms with E-state index in [0.717, 1.165) is 0 Å². The number of carbonyl (C=O) groups is 1. The maximum atomic E-state index is 13.4. The third-order valence-corrected chi connectivity index (χ3v) is 4.40. The molecule has 23 heavy (non-hydrogen) atoms. The minimum atomic E-state index is -0.599. The van der Waals surface area contributed by atoms with Gasteiger partial charge in [0.05, 0.1) is 35.5 Å². The number of hydrogen-bond acceptors (Lipinski definition) is 4. The Labute approximate surface area is 137 Å². The van der Waals surface area contributed by atoms with Gasteiger partial charge in [-0.3, -0.25) is 14.4 Å². The maximum Gasteiger partial charge on any atom is 0.252 e. The fraction of sp³-hybridized carbons (Fsp3) is 0.333. The zero-order valence-electron chi connectivity index (χ0n) is 12.5. The molecule has 0 radical (unpaired) electrons. The molecule has 1 unspecified atom stereocenters. The second-order valence-corrected chi connectivity index (χ2v) is 6.00. The summed E-state index contributed by atoms with van der Waals surface area (Å²) in [6, 6.07) is 4.07. The molecule has 1 aliphatic rings. The van der Waals surface area contributed by atoms with Crippen LogP contribution in [0.3, 0.4) is 0 Å². The third-order valence-electron chi connectivity index (χ3n) is 4.11.